The van der Waals surface area contributed by atoms with Crippen molar-refractivity contribution in [3.8, 4) is 0 Å². The molecule has 0 aromatic heterocycles. The first-order chi connectivity index (χ1) is 9.31. The molecule has 0 aromatic rings. The van der Waals surface area contributed by atoms with Gasteiger partial charge >= 0.3 is 0 Å². The van der Waals surface area contributed by atoms with Crippen molar-refractivity contribution in [2.75, 3.05) is 6.54 Å². The summed E-state index contributed by atoms with van der Waals surface area (Å²) >= 11 is 0. The molecule has 0 aromatic carbocycles. The topological polar surface area (TPSA) is 21.3 Å². The first kappa shape index (κ1) is 13.9. The van der Waals surface area contributed by atoms with E-state index >= 15 is 0 Å². The van der Waals surface area contributed by atoms with Crippen LogP contribution in [-0.4, -0.2) is 24.3 Å². The fourth-order valence-corrected chi connectivity index (χ4v) is 4.81. The minimum Gasteiger partial charge on any atom is -0.372 e. The van der Waals surface area contributed by atoms with Crippen molar-refractivity contribution >= 4 is 0 Å². The maximum absolute atomic E-state index is 6.55. The van der Waals surface area contributed by atoms with E-state index in [1.807, 2.05) is 0 Å². The Bertz CT molecular complexity index is 285. The number of rotatable bonds is 4. The van der Waals surface area contributed by atoms with Crippen LogP contribution in [0, 0.1) is 5.92 Å². The van der Waals surface area contributed by atoms with Crippen molar-refractivity contribution < 1.29 is 4.74 Å². The minimum atomic E-state index is 0.315. The number of hydrogen-bond acceptors (Lipinski definition) is 2. The lowest BCUT2D eigenvalue weighted by atomic mass is 9.83. The number of nitrogens with one attached hydrogen (secondary N) is 1. The zero-order valence-corrected chi connectivity index (χ0v) is 12.6. The molecule has 3 atom stereocenters. The van der Waals surface area contributed by atoms with Crippen molar-refractivity contribution in [3.05, 3.63) is 0 Å². The van der Waals surface area contributed by atoms with E-state index in [1.165, 1.54) is 70.6 Å². The van der Waals surface area contributed by atoms with Crippen molar-refractivity contribution in [2.45, 2.75) is 95.3 Å². The molecule has 1 heterocycles. The van der Waals surface area contributed by atoms with E-state index in [2.05, 4.69) is 12.2 Å². The molecular weight excluding hydrogens is 234 g/mol. The normalized spacial score (nSPS) is 38.1. The van der Waals surface area contributed by atoms with Crippen molar-refractivity contribution in [1.82, 2.24) is 5.32 Å². The van der Waals surface area contributed by atoms with Crippen LogP contribution in [0.1, 0.15) is 77.6 Å². The average molecular weight is 265 g/mol. The lowest BCUT2D eigenvalue weighted by Crippen LogP contribution is -2.35. The van der Waals surface area contributed by atoms with Crippen LogP contribution in [-0.2, 0) is 4.74 Å². The molecule has 1 N–H and O–H groups in total. The standard InChI is InChI=1S/C17H31NO/c1-2-18-16-8-6-7-14(16)13-15-9-12-17(19-15)10-4-3-5-11-17/h14-16,18H,2-13H2,1H3. The molecular formula is C17H31NO. The van der Waals surface area contributed by atoms with Gasteiger partial charge < -0.3 is 10.1 Å². The van der Waals surface area contributed by atoms with Crippen LogP contribution in [0.3, 0.4) is 0 Å². The largest absolute Gasteiger partial charge is 0.372 e. The van der Waals surface area contributed by atoms with E-state index in [-0.39, 0.29) is 0 Å². The van der Waals surface area contributed by atoms with Gasteiger partial charge in [0.15, 0.2) is 0 Å². The monoisotopic (exact) mass is 265 g/mol. The Morgan fingerprint density at radius 2 is 1.84 bits per heavy atom. The van der Waals surface area contributed by atoms with Crippen LogP contribution in [0.2, 0.25) is 0 Å². The quantitative estimate of drug-likeness (QED) is 0.828. The Labute approximate surface area is 118 Å². The third-order valence-electron chi connectivity index (χ3n) is 5.79. The first-order valence-corrected chi connectivity index (χ1v) is 8.72. The Hall–Kier alpha value is -0.0800. The lowest BCUT2D eigenvalue weighted by molar-refractivity contribution is -0.0703. The molecule has 110 valence electrons. The van der Waals surface area contributed by atoms with Crippen LogP contribution in [0.15, 0.2) is 0 Å². The van der Waals surface area contributed by atoms with Crippen molar-refractivity contribution in [2.24, 2.45) is 5.92 Å². The molecule has 0 radical (unpaired) electrons. The highest BCUT2D eigenvalue weighted by Gasteiger charge is 2.42. The van der Waals surface area contributed by atoms with Gasteiger partial charge in [-0.1, -0.05) is 32.6 Å². The van der Waals surface area contributed by atoms with Crippen molar-refractivity contribution in [3.63, 3.8) is 0 Å². The molecule has 2 nitrogen and oxygen atoms in total. The molecule has 1 saturated heterocycles. The van der Waals surface area contributed by atoms with E-state index in [4.69, 9.17) is 4.74 Å². The average Bonchev–Trinajstić information content (AvgIpc) is 3.00. The van der Waals surface area contributed by atoms with Crippen LogP contribution in [0.25, 0.3) is 0 Å². The van der Waals surface area contributed by atoms with Gasteiger partial charge in [-0.15, -0.1) is 0 Å². The highest BCUT2D eigenvalue weighted by molar-refractivity contribution is 4.93. The first-order valence-electron chi connectivity index (χ1n) is 8.72. The number of hydrogen-bond donors (Lipinski definition) is 1. The second-order valence-corrected chi connectivity index (χ2v) is 7.11. The molecule has 2 saturated carbocycles. The number of ether oxygens (including phenoxy) is 1. The zero-order valence-electron chi connectivity index (χ0n) is 12.6. The zero-order chi connectivity index (χ0) is 13.1. The summed E-state index contributed by atoms with van der Waals surface area (Å²) in [5.74, 6) is 0.878. The summed E-state index contributed by atoms with van der Waals surface area (Å²) in [6.07, 6.45) is 15.7. The molecule has 0 amide bonds. The van der Waals surface area contributed by atoms with Crippen molar-refractivity contribution in [1.29, 1.82) is 0 Å². The molecule has 1 spiro atoms. The molecule has 3 unspecified atom stereocenters. The van der Waals surface area contributed by atoms with E-state index in [0.717, 1.165) is 18.5 Å². The maximum atomic E-state index is 6.55. The smallest absolute Gasteiger partial charge is 0.0687 e. The maximum Gasteiger partial charge on any atom is 0.0687 e. The molecule has 0 bridgehead atoms. The Kier molecular flexibility index (Phi) is 4.48. The summed E-state index contributed by atoms with van der Waals surface area (Å²) in [6.45, 7) is 3.36. The fourth-order valence-electron chi connectivity index (χ4n) is 4.81. The van der Waals surface area contributed by atoms with Gasteiger partial charge in [0.1, 0.15) is 0 Å². The highest BCUT2D eigenvalue weighted by Crippen LogP contribution is 2.44. The molecule has 3 aliphatic rings. The summed E-state index contributed by atoms with van der Waals surface area (Å²) in [5.41, 5.74) is 0.315. The van der Waals surface area contributed by atoms with Crippen LogP contribution in [0.5, 0.6) is 0 Å². The summed E-state index contributed by atoms with van der Waals surface area (Å²) in [5, 5.41) is 3.68. The second-order valence-electron chi connectivity index (χ2n) is 7.11. The van der Waals surface area contributed by atoms with Gasteiger partial charge in [-0.3, -0.25) is 0 Å². The SMILES string of the molecule is CCNC1CCCC1CC1CCC2(CCCCC2)O1. The van der Waals surface area contributed by atoms with E-state index in [9.17, 15) is 0 Å². The third kappa shape index (κ3) is 3.16. The molecule has 3 rings (SSSR count). The molecule has 3 fully saturated rings. The fraction of sp³-hybridized carbons (Fsp3) is 1.00. The van der Waals surface area contributed by atoms with Crippen LogP contribution in [0.4, 0.5) is 0 Å². The van der Waals surface area contributed by atoms with Gasteiger partial charge in [-0.25, -0.2) is 0 Å². The van der Waals surface area contributed by atoms with Gasteiger partial charge in [0.2, 0.25) is 0 Å². The predicted octanol–water partition coefficient (Wildman–Crippen LogP) is 4.04. The van der Waals surface area contributed by atoms with Gasteiger partial charge in [0.05, 0.1) is 11.7 Å². The van der Waals surface area contributed by atoms with E-state index < -0.39 is 0 Å². The molecule has 2 heteroatoms. The summed E-state index contributed by atoms with van der Waals surface area (Å²) in [7, 11) is 0. The Balaban J connectivity index is 1.51. The van der Waals surface area contributed by atoms with Gasteiger partial charge in [-0.05, 0) is 57.4 Å². The van der Waals surface area contributed by atoms with Crippen LogP contribution < -0.4 is 5.32 Å². The molecule has 2 aliphatic carbocycles. The summed E-state index contributed by atoms with van der Waals surface area (Å²) in [4.78, 5) is 0. The lowest BCUT2D eigenvalue weighted by Gasteiger charge is -2.34. The third-order valence-corrected chi connectivity index (χ3v) is 5.79. The Morgan fingerprint density at radius 3 is 2.63 bits per heavy atom. The van der Waals surface area contributed by atoms with Gasteiger partial charge in [-0.2, -0.15) is 0 Å². The van der Waals surface area contributed by atoms with Gasteiger partial charge in [0.25, 0.3) is 0 Å². The molecule has 19 heavy (non-hydrogen) atoms. The summed E-state index contributed by atoms with van der Waals surface area (Å²) in [6, 6.07) is 0.775. The van der Waals surface area contributed by atoms with E-state index in [1.54, 1.807) is 0 Å². The highest BCUT2D eigenvalue weighted by atomic mass is 16.5. The predicted molar refractivity (Wildman–Crippen MR) is 79.3 cm³/mol. The van der Waals surface area contributed by atoms with E-state index in [0.29, 0.717) is 11.7 Å². The second kappa shape index (κ2) is 6.13. The van der Waals surface area contributed by atoms with Crippen LogP contribution >= 0.6 is 0 Å². The minimum absolute atomic E-state index is 0.315. The molecule has 1 aliphatic heterocycles. The van der Waals surface area contributed by atoms with Gasteiger partial charge in [0, 0.05) is 6.04 Å². The summed E-state index contributed by atoms with van der Waals surface area (Å²) < 4.78 is 6.55. The Morgan fingerprint density at radius 1 is 1.00 bits per heavy atom.